The van der Waals surface area contributed by atoms with Crippen LogP contribution in [0.1, 0.15) is 64.4 Å². The highest BCUT2D eigenvalue weighted by atomic mass is 32.1. The van der Waals surface area contributed by atoms with Gasteiger partial charge in [-0.3, -0.25) is 4.79 Å². The van der Waals surface area contributed by atoms with Crippen molar-refractivity contribution in [3.8, 4) is 0 Å². The molecule has 0 bridgehead atoms. The summed E-state index contributed by atoms with van der Waals surface area (Å²) in [6.07, 6.45) is 0.821. The number of hydrogen-bond acceptors (Lipinski definition) is 4. The van der Waals surface area contributed by atoms with Gasteiger partial charge in [-0.05, 0) is 35.6 Å². The maximum Gasteiger partial charge on any atom is 0.341 e. The van der Waals surface area contributed by atoms with Crippen LogP contribution in [0.25, 0.3) is 0 Å². The van der Waals surface area contributed by atoms with Crippen LogP contribution in [0.4, 0.5) is 5.00 Å². The number of thiophene rings is 1. The second kappa shape index (κ2) is 8.05. The van der Waals surface area contributed by atoms with Gasteiger partial charge in [0.25, 0.3) is 5.91 Å². The Balaban J connectivity index is 1.89. The Kier molecular flexibility index (Phi) is 5.91. The van der Waals surface area contributed by atoms with E-state index in [1.54, 1.807) is 6.92 Å². The quantitative estimate of drug-likeness (QED) is 0.774. The summed E-state index contributed by atoms with van der Waals surface area (Å²) in [7, 11) is 2.14. The number of rotatable bonds is 4. The number of carbonyl (C=O) groups excluding carboxylic acids is 2. The third-order valence-electron chi connectivity index (χ3n) is 5.07. The first-order chi connectivity index (χ1) is 13.2. The lowest BCUT2D eigenvalue weighted by molar-refractivity contribution is -0.895. The Labute approximate surface area is 170 Å². The number of ether oxygens (including phenoxy) is 1. The first-order valence-corrected chi connectivity index (χ1v) is 10.6. The number of esters is 1. The SMILES string of the molecule is CCOC(=O)c1c(NC(=O)c2ccc(C(C)(C)C)cc2)sc2c1CC[NH+](C)C2. The predicted octanol–water partition coefficient (Wildman–Crippen LogP) is 3.05. The summed E-state index contributed by atoms with van der Waals surface area (Å²) in [5.74, 6) is -0.553. The minimum absolute atomic E-state index is 0.0350. The van der Waals surface area contributed by atoms with Crippen molar-refractivity contribution >= 4 is 28.2 Å². The number of benzene rings is 1. The third kappa shape index (κ3) is 4.28. The molecular formula is C22H29N2O3S+. The molecule has 2 aromatic rings. The molecule has 2 N–H and O–H groups in total. The van der Waals surface area contributed by atoms with Crippen molar-refractivity contribution in [2.75, 3.05) is 25.5 Å². The molecule has 1 atom stereocenters. The van der Waals surface area contributed by atoms with Crippen molar-refractivity contribution in [3.63, 3.8) is 0 Å². The molecule has 0 saturated carbocycles. The Morgan fingerprint density at radius 1 is 1.21 bits per heavy atom. The molecule has 0 saturated heterocycles. The first-order valence-electron chi connectivity index (χ1n) is 9.75. The minimum Gasteiger partial charge on any atom is -0.462 e. The van der Waals surface area contributed by atoms with E-state index in [2.05, 4.69) is 33.1 Å². The van der Waals surface area contributed by atoms with Crippen LogP contribution in [-0.4, -0.2) is 32.1 Å². The smallest absolute Gasteiger partial charge is 0.341 e. The summed E-state index contributed by atoms with van der Waals surface area (Å²) in [5, 5.41) is 3.57. The van der Waals surface area contributed by atoms with Crippen LogP contribution in [0.5, 0.6) is 0 Å². The van der Waals surface area contributed by atoms with Gasteiger partial charge in [0, 0.05) is 12.0 Å². The van der Waals surface area contributed by atoms with E-state index in [0.717, 1.165) is 30.0 Å². The zero-order chi connectivity index (χ0) is 20.5. The lowest BCUT2D eigenvalue weighted by Gasteiger charge is -2.19. The molecule has 1 aliphatic rings. The van der Waals surface area contributed by atoms with Crippen molar-refractivity contribution in [1.29, 1.82) is 0 Å². The highest BCUT2D eigenvalue weighted by Crippen LogP contribution is 2.35. The lowest BCUT2D eigenvalue weighted by atomic mass is 9.87. The zero-order valence-corrected chi connectivity index (χ0v) is 18.1. The highest BCUT2D eigenvalue weighted by Gasteiger charge is 2.30. The molecule has 6 heteroatoms. The number of quaternary nitrogens is 1. The molecule has 150 valence electrons. The van der Waals surface area contributed by atoms with E-state index in [4.69, 9.17) is 4.74 Å². The van der Waals surface area contributed by atoms with Crippen molar-refractivity contribution in [2.24, 2.45) is 0 Å². The largest absolute Gasteiger partial charge is 0.462 e. The van der Waals surface area contributed by atoms with Gasteiger partial charge < -0.3 is 15.0 Å². The van der Waals surface area contributed by atoms with Gasteiger partial charge >= 0.3 is 5.97 Å². The summed E-state index contributed by atoms with van der Waals surface area (Å²) in [6.45, 7) is 10.4. The van der Waals surface area contributed by atoms with Gasteiger partial charge in [-0.2, -0.15) is 0 Å². The number of hydrogen-bond donors (Lipinski definition) is 2. The van der Waals surface area contributed by atoms with Gasteiger partial charge in [-0.25, -0.2) is 4.79 Å². The monoisotopic (exact) mass is 401 g/mol. The minimum atomic E-state index is -0.349. The number of nitrogens with one attached hydrogen (secondary N) is 2. The zero-order valence-electron chi connectivity index (χ0n) is 17.3. The molecule has 3 rings (SSSR count). The van der Waals surface area contributed by atoms with Gasteiger partial charge in [0.15, 0.2) is 0 Å². The summed E-state index contributed by atoms with van der Waals surface area (Å²) < 4.78 is 5.27. The van der Waals surface area contributed by atoms with E-state index in [1.807, 2.05) is 24.3 Å². The fourth-order valence-corrected chi connectivity index (χ4v) is 4.77. The van der Waals surface area contributed by atoms with Crippen LogP contribution in [0, 0.1) is 0 Å². The van der Waals surface area contributed by atoms with Gasteiger partial charge in [-0.15, -0.1) is 11.3 Å². The van der Waals surface area contributed by atoms with Crippen molar-refractivity contribution in [3.05, 3.63) is 51.4 Å². The van der Waals surface area contributed by atoms with E-state index < -0.39 is 0 Å². The van der Waals surface area contributed by atoms with E-state index >= 15 is 0 Å². The summed E-state index contributed by atoms with van der Waals surface area (Å²) >= 11 is 1.50. The van der Waals surface area contributed by atoms with Gasteiger partial charge in [0.05, 0.1) is 30.6 Å². The molecule has 1 amide bonds. The fourth-order valence-electron chi connectivity index (χ4n) is 3.42. The standard InChI is InChI=1S/C22H28N2O3S/c1-6-27-21(26)18-16-11-12-24(5)13-17(16)28-20(18)23-19(25)14-7-9-15(10-8-14)22(2,3)4/h7-10H,6,11-13H2,1-5H3,(H,23,25)/p+1. The Morgan fingerprint density at radius 3 is 2.50 bits per heavy atom. The molecule has 0 radical (unpaired) electrons. The first kappa shape index (κ1) is 20.6. The van der Waals surface area contributed by atoms with E-state index in [0.29, 0.717) is 22.7 Å². The normalized spacial score (nSPS) is 16.4. The number of likely N-dealkylation sites (N-methyl/N-ethyl adjacent to an activating group) is 1. The molecule has 0 fully saturated rings. The maximum absolute atomic E-state index is 12.8. The van der Waals surface area contributed by atoms with Crippen LogP contribution in [0.15, 0.2) is 24.3 Å². The van der Waals surface area contributed by atoms with Crippen LogP contribution in [-0.2, 0) is 23.1 Å². The molecule has 1 aliphatic heterocycles. The number of amides is 1. The number of fused-ring (bicyclic) bond motifs is 1. The second-order valence-corrected chi connectivity index (χ2v) is 9.45. The molecular weight excluding hydrogens is 372 g/mol. The van der Waals surface area contributed by atoms with Gasteiger partial charge in [-0.1, -0.05) is 32.9 Å². The summed E-state index contributed by atoms with van der Waals surface area (Å²) in [4.78, 5) is 28.0. The maximum atomic E-state index is 12.8. The molecule has 5 nitrogen and oxygen atoms in total. The van der Waals surface area contributed by atoms with Crippen molar-refractivity contribution < 1.29 is 19.2 Å². The second-order valence-electron chi connectivity index (χ2n) is 8.34. The number of anilines is 1. The Morgan fingerprint density at radius 2 is 1.89 bits per heavy atom. The number of carbonyl (C=O) groups is 2. The van der Waals surface area contributed by atoms with E-state index in [9.17, 15) is 9.59 Å². The molecule has 1 unspecified atom stereocenters. The fraction of sp³-hybridized carbons (Fsp3) is 0.455. The van der Waals surface area contributed by atoms with E-state index in [1.165, 1.54) is 21.8 Å². The molecule has 2 heterocycles. The topological polar surface area (TPSA) is 59.8 Å². The average Bonchev–Trinajstić information content (AvgIpc) is 2.98. The van der Waals surface area contributed by atoms with Crippen LogP contribution in [0.2, 0.25) is 0 Å². The van der Waals surface area contributed by atoms with Crippen molar-refractivity contribution in [2.45, 2.75) is 46.1 Å². The third-order valence-corrected chi connectivity index (χ3v) is 6.22. The Hall–Kier alpha value is -2.18. The van der Waals surface area contributed by atoms with Crippen LogP contribution in [0.3, 0.4) is 0 Å². The van der Waals surface area contributed by atoms with Crippen LogP contribution < -0.4 is 10.2 Å². The molecule has 28 heavy (non-hydrogen) atoms. The molecule has 1 aromatic carbocycles. The molecule has 0 aliphatic carbocycles. The van der Waals surface area contributed by atoms with Gasteiger partial charge in [0.1, 0.15) is 11.5 Å². The summed E-state index contributed by atoms with van der Waals surface area (Å²) in [6, 6.07) is 7.65. The lowest BCUT2D eigenvalue weighted by Crippen LogP contribution is -3.08. The van der Waals surface area contributed by atoms with E-state index in [-0.39, 0.29) is 17.3 Å². The molecule has 1 aromatic heterocycles. The van der Waals surface area contributed by atoms with Gasteiger partial charge in [0.2, 0.25) is 0 Å². The summed E-state index contributed by atoms with van der Waals surface area (Å²) in [5.41, 5.74) is 3.36. The predicted molar refractivity (Wildman–Crippen MR) is 113 cm³/mol. The average molecular weight is 402 g/mol. The Bertz CT molecular complexity index is 878. The molecule has 0 spiro atoms. The van der Waals surface area contributed by atoms with Crippen molar-refractivity contribution in [1.82, 2.24) is 0 Å². The highest BCUT2D eigenvalue weighted by molar-refractivity contribution is 7.17. The van der Waals surface area contributed by atoms with Crippen LogP contribution >= 0.6 is 11.3 Å².